The zero-order valence-corrected chi connectivity index (χ0v) is 34.5. The molecular weight excluding hydrogens is 761 g/mol. The summed E-state index contributed by atoms with van der Waals surface area (Å²) in [5, 5.41) is 2.42. The van der Waals surface area contributed by atoms with E-state index in [4.69, 9.17) is 0 Å². The minimum absolute atomic E-state index is 0.465. The Morgan fingerprint density at radius 2 is 0.810 bits per heavy atom. The second-order valence-corrected chi connectivity index (χ2v) is 16.8. The lowest BCUT2D eigenvalue weighted by Gasteiger charge is -2.33. The van der Waals surface area contributed by atoms with Gasteiger partial charge in [-0.3, -0.25) is 0 Å². The smallest absolute Gasteiger partial charge is 0.0726 e. The molecule has 1 aromatic heterocycles. The molecule has 0 aliphatic heterocycles. The fraction of sp³-hybridized carbons (Fsp3) is 0.0164. The van der Waals surface area contributed by atoms with Crippen LogP contribution < -0.4 is 4.90 Å². The average molecular weight is 801 g/mol. The van der Waals surface area contributed by atoms with Crippen LogP contribution in [0.5, 0.6) is 0 Å². The van der Waals surface area contributed by atoms with Gasteiger partial charge >= 0.3 is 0 Å². The SMILES string of the molecule is c1ccc(-c2ccc(-n3c4ccccc4c4c(N(c5ccc6c(c5)C5(c7ccccc7-c7ccccc75)c5ccccc5-6)c5ccccc5-c5ccccc5)cccc43)cc2)cc1. The largest absolute Gasteiger partial charge is 0.309 e. The molecule has 13 rings (SSSR count). The van der Waals surface area contributed by atoms with Crippen molar-refractivity contribution in [3.05, 3.63) is 265 Å². The second kappa shape index (κ2) is 13.9. The molecule has 2 aliphatic rings. The number of rotatable bonds is 6. The summed E-state index contributed by atoms with van der Waals surface area (Å²) in [6, 6.07) is 89.5. The molecular formula is C61H40N2. The molecule has 0 amide bonds. The normalized spacial score (nSPS) is 12.9. The molecule has 0 N–H and O–H groups in total. The number of hydrogen-bond donors (Lipinski definition) is 0. The van der Waals surface area contributed by atoms with Gasteiger partial charge < -0.3 is 9.47 Å². The monoisotopic (exact) mass is 800 g/mol. The minimum Gasteiger partial charge on any atom is -0.309 e. The maximum Gasteiger partial charge on any atom is 0.0726 e. The van der Waals surface area contributed by atoms with Crippen molar-refractivity contribution in [2.24, 2.45) is 0 Å². The highest BCUT2D eigenvalue weighted by Gasteiger charge is 2.51. The number of nitrogens with zero attached hydrogens (tertiary/aromatic N) is 2. The van der Waals surface area contributed by atoms with Crippen molar-refractivity contribution >= 4 is 38.9 Å². The highest BCUT2D eigenvalue weighted by atomic mass is 15.2. The van der Waals surface area contributed by atoms with Gasteiger partial charge in [0.1, 0.15) is 0 Å². The van der Waals surface area contributed by atoms with Gasteiger partial charge in [0.15, 0.2) is 0 Å². The Hall–Kier alpha value is -8.20. The first kappa shape index (κ1) is 35.5. The molecule has 63 heavy (non-hydrogen) atoms. The Balaban J connectivity index is 1.09. The molecule has 11 aromatic rings. The van der Waals surface area contributed by atoms with Crippen LogP contribution in [0.25, 0.3) is 72.0 Å². The lowest BCUT2D eigenvalue weighted by molar-refractivity contribution is 0.793. The van der Waals surface area contributed by atoms with E-state index in [1.165, 1.54) is 83.1 Å². The van der Waals surface area contributed by atoms with Gasteiger partial charge in [-0.1, -0.05) is 194 Å². The van der Waals surface area contributed by atoms with Crippen LogP contribution in [-0.4, -0.2) is 4.57 Å². The highest BCUT2D eigenvalue weighted by molar-refractivity contribution is 6.17. The number of fused-ring (bicyclic) bond motifs is 13. The molecule has 0 unspecified atom stereocenters. The summed E-state index contributed by atoms with van der Waals surface area (Å²) < 4.78 is 2.44. The van der Waals surface area contributed by atoms with Crippen molar-refractivity contribution in [1.29, 1.82) is 0 Å². The Morgan fingerprint density at radius 1 is 0.317 bits per heavy atom. The Labute approximate surface area is 367 Å². The summed E-state index contributed by atoms with van der Waals surface area (Å²) in [4.78, 5) is 2.53. The number of para-hydroxylation sites is 2. The Bertz CT molecular complexity index is 3500. The van der Waals surface area contributed by atoms with Gasteiger partial charge in [0, 0.05) is 27.7 Å². The molecule has 1 heterocycles. The second-order valence-electron chi connectivity index (χ2n) is 16.8. The fourth-order valence-corrected chi connectivity index (χ4v) is 11.1. The fourth-order valence-electron chi connectivity index (χ4n) is 11.1. The number of aromatic nitrogens is 1. The summed E-state index contributed by atoms with van der Waals surface area (Å²) >= 11 is 0. The molecule has 2 nitrogen and oxygen atoms in total. The van der Waals surface area contributed by atoms with Gasteiger partial charge in [0.05, 0.1) is 27.8 Å². The topological polar surface area (TPSA) is 8.17 Å². The Kier molecular flexibility index (Phi) is 7.85. The number of hydrogen-bond acceptors (Lipinski definition) is 1. The average Bonchev–Trinajstić information content (AvgIpc) is 3.97. The van der Waals surface area contributed by atoms with E-state index in [-0.39, 0.29) is 0 Å². The third-order valence-electron chi connectivity index (χ3n) is 13.6. The summed E-state index contributed by atoms with van der Waals surface area (Å²) in [5.74, 6) is 0. The molecule has 1 spiro atoms. The third kappa shape index (κ3) is 5.13. The summed E-state index contributed by atoms with van der Waals surface area (Å²) in [7, 11) is 0. The molecule has 2 aliphatic carbocycles. The van der Waals surface area contributed by atoms with Crippen molar-refractivity contribution in [3.8, 4) is 50.2 Å². The molecule has 0 saturated carbocycles. The standard InChI is InChI=1S/C61H40N2/c1-3-18-41(19-4-1)42-34-36-44(37-35-42)62-57-31-16-11-26-51(57)60-58(62)32-17-33-59(60)63(56-30-15-10-22-46(56)43-20-5-2-6-21-43)45-38-39-50-49-25-9-14-29-54(49)61(55(50)40-45)52-27-12-7-23-47(52)48-24-8-13-28-53(48)61/h1-40H. The summed E-state index contributed by atoms with van der Waals surface area (Å²) in [5.41, 5.74) is 21.7. The van der Waals surface area contributed by atoms with Gasteiger partial charge in [-0.25, -0.2) is 0 Å². The lowest BCUT2D eigenvalue weighted by atomic mass is 9.70. The summed E-state index contributed by atoms with van der Waals surface area (Å²) in [6.07, 6.45) is 0. The van der Waals surface area contributed by atoms with E-state index in [9.17, 15) is 0 Å². The first-order valence-electron chi connectivity index (χ1n) is 21.9. The van der Waals surface area contributed by atoms with Gasteiger partial charge in [0.2, 0.25) is 0 Å². The molecule has 0 atom stereocenters. The predicted octanol–water partition coefficient (Wildman–Crippen LogP) is 15.9. The molecule has 2 heteroatoms. The maximum atomic E-state index is 2.53. The number of benzene rings is 10. The first-order chi connectivity index (χ1) is 31.3. The lowest BCUT2D eigenvalue weighted by Crippen LogP contribution is -2.26. The van der Waals surface area contributed by atoms with E-state index < -0.39 is 5.41 Å². The van der Waals surface area contributed by atoms with E-state index >= 15 is 0 Å². The van der Waals surface area contributed by atoms with Crippen LogP contribution in [0.4, 0.5) is 17.1 Å². The zero-order chi connectivity index (χ0) is 41.5. The highest BCUT2D eigenvalue weighted by Crippen LogP contribution is 2.63. The Morgan fingerprint density at radius 3 is 1.48 bits per heavy atom. The molecule has 0 bridgehead atoms. The van der Waals surface area contributed by atoms with Crippen molar-refractivity contribution in [1.82, 2.24) is 4.57 Å². The van der Waals surface area contributed by atoms with Crippen LogP contribution in [0.1, 0.15) is 22.3 Å². The van der Waals surface area contributed by atoms with Crippen molar-refractivity contribution in [2.75, 3.05) is 4.90 Å². The molecule has 0 fully saturated rings. The van der Waals surface area contributed by atoms with E-state index in [1.54, 1.807) is 0 Å². The van der Waals surface area contributed by atoms with Gasteiger partial charge in [-0.05, 0) is 110 Å². The van der Waals surface area contributed by atoms with Gasteiger partial charge in [-0.2, -0.15) is 0 Å². The van der Waals surface area contributed by atoms with E-state index in [0.29, 0.717) is 0 Å². The molecule has 294 valence electrons. The third-order valence-corrected chi connectivity index (χ3v) is 13.6. The van der Waals surface area contributed by atoms with Crippen LogP contribution in [-0.2, 0) is 5.41 Å². The van der Waals surface area contributed by atoms with Crippen LogP contribution >= 0.6 is 0 Å². The van der Waals surface area contributed by atoms with Crippen molar-refractivity contribution < 1.29 is 0 Å². The van der Waals surface area contributed by atoms with Crippen molar-refractivity contribution in [2.45, 2.75) is 5.41 Å². The zero-order valence-electron chi connectivity index (χ0n) is 34.5. The van der Waals surface area contributed by atoms with Crippen LogP contribution in [0.15, 0.2) is 243 Å². The quantitative estimate of drug-likeness (QED) is 0.163. The van der Waals surface area contributed by atoms with Crippen LogP contribution in [0.3, 0.4) is 0 Å². The molecule has 10 aromatic carbocycles. The van der Waals surface area contributed by atoms with Gasteiger partial charge in [-0.15, -0.1) is 0 Å². The predicted molar refractivity (Wildman–Crippen MR) is 263 cm³/mol. The van der Waals surface area contributed by atoms with Crippen LogP contribution in [0.2, 0.25) is 0 Å². The number of anilines is 3. The van der Waals surface area contributed by atoms with Crippen molar-refractivity contribution in [3.63, 3.8) is 0 Å². The van der Waals surface area contributed by atoms with Gasteiger partial charge in [0.25, 0.3) is 0 Å². The van der Waals surface area contributed by atoms with E-state index in [2.05, 4.69) is 252 Å². The molecule has 0 radical (unpaired) electrons. The van der Waals surface area contributed by atoms with E-state index in [0.717, 1.165) is 28.3 Å². The van der Waals surface area contributed by atoms with E-state index in [1.807, 2.05) is 0 Å². The van der Waals surface area contributed by atoms with Crippen LogP contribution in [0, 0.1) is 0 Å². The minimum atomic E-state index is -0.465. The maximum absolute atomic E-state index is 2.53. The molecule has 0 saturated heterocycles. The first-order valence-corrected chi connectivity index (χ1v) is 21.9. The summed E-state index contributed by atoms with van der Waals surface area (Å²) in [6.45, 7) is 0.